The lowest BCUT2D eigenvalue weighted by Crippen LogP contribution is -2.71. The molecule has 2 aromatic heterocycles. The van der Waals surface area contributed by atoms with Crippen LogP contribution in [0.25, 0.3) is 20.8 Å². The molecule has 2 saturated heterocycles. The predicted octanol–water partition coefficient (Wildman–Crippen LogP) is -0.0293. The lowest BCUT2D eigenvalue weighted by atomic mass is 9.75. The zero-order valence-corrected chi connectivity index (χ0v) is 18.7. The summed E-state index contributed by atoms with van der Waals surface area (Å²) in [5, 5.41) is 37.4. The molecule has 3 aromatic rings. The molecular weight excluding hydrogens is 444 g/mol. The van der Waals surface area contributed by atoms with Crippen LogP contribution in [0, 0.1) is 11.3 Å². The summed E-state index contributed by atoms with van der Waals surface area (Å²) in [4.78, 5) is 27.7. The number of aromatic amines is 1. The van der Waals surface area contributed by atoms with Gasteiger partial charge in [0.1, 0.15) is 22.5 Å². The minimum atomic E-state index is -1.08. The maximum absolute atomic E-state index is 13.3. The van der Waals surface area contributed by atoms with E-state index in [2.05, 4.69) is 20.6 Å². The number of para-hydroxylation sites is 1. The number of hydrogen-bond donors (Lipinski definition) is 6. The molecule has 1 aliphatic carbocycles. The normalized spacial score (nSPS) is 28.2. The van der Waals surface area contributed by atoms with Crippen molar-refractivity contribution in [3.8, 4) is 10.6 Å². The van der Waals surface area contributed by atoms with Crippen LogP contribution in [0.15, 0.2) is 29.1 Å². The van der Waals surface area contributed by atoms with Crippen molar-refractivity contribution in [2.75, 3.05) is 43.0 Å². The smallest absolute Gasteiger partial charge is 0.264 e. The fourth-order valence-electron chi connectivity index (χ4n) is 5.13. The number of hydrogen-bond acceptors (Lipinski definition) is 10. The number of nitrogens with one attached hydrogen (secondary N) is 3. The van der Waals surface area contributed by atoms with Crippen molar-refractivity contribution < 1.29 is 15.3 Å². The third kappa shape index (κ3) is 3.42. The molecule has 11 heteroatoms. The van der Waals surface area contributed by atoms with Crippen molar-refractivity contribution in [3.05, 3.63) is 34.6 Å². The molecule has 174 valence electrons. The highest BCUT2D eigenvalue weighted by atomic mass is 32.1. The summed E-state index contributed by atoms with van der Waals surface area (Å²) < 4.78 is 0.959. The second kappa shape index (κ2) is 7.74. The van der Waals surface area contributed by atoms with Gasteiger partial charge in [0, 0.05) is 44.1 Å². The summed E-state index contributed by atoms with van der Waals surface area (Å²) >= 11 is 1.40. The fraction of sp³-hybridized carbons (Fsp3) is 0.500. The molecule has 0 amide bonds. The number of H-pyrrole nitrogens is 1. The SMILES string of the molecule is O=c1[nH]c(N2CC3(CNC3)C2)nc(N[C@@H]2C[C@H](CO)[C@@H](O)[C@H]2O)c1-c1nc2ccccc2s1. The number of fused-ring (bicyclic) bond motifs is 1. The molecule has 1 spiro atoms. The first kappa shape index (κ1) is 21.0. The van der Waals surface area contributed by atoms with Gasteiger partial charge in [0.2, 0.25) is 5.95 Å². The second-order valence-corrected chi connectivity index (χ2v) is 10.5. The summed E-state index contributed by atoms with van der Waals surface area (Å²) in [6, 6.07) is 7.13. The molecule has 3 aliphatic rings. The Bertz CT molecular complexity index is 1220. The molecule has 1 saturated carbocycles. The quantitative estimate of drug-likeness (QED) is 0.303. The van der Waals surface area contributed by atoms with Gasteiger partial charge in [-0.25, -0.2) is 4.98 Å². The first-order valence-electron chi connectivity index (χ1n) is 11.2. The van der Waals surface area contributed by atoms with Crippen LogP contribution in [0.4, 0.5) is 11.8 Å². The molecule has 4 heterocycles. The van der Waals surface area contributed by atoms with Gasteiger partial charge in [-0.3, -0.25) is 9.78 Å². The topological polar surface area (TPSA) is 147 Å². The monoisotopic (exact) mass is 470 g/mol. The van der Waals surface area contributed by atoms with Crippen molar-refractivity contribution in [3.63, 3.8) is 0 Å². The number of nitrogens with zero attached hydrogens (tertiary/aromatic N) is 3. The third-order valence-electron chi connectivity index (χ3n) is 7.13. The van der Waals surface area contributed by atoms with Gasteiger partial charge in [-0.15, -0.1) is 11.3 Å². The van der Waals surface area contributed by atoms with Crippen LogP contribution in [0.2, 0.25) is 0 Å². The molecule has 1 aromatic carbocycles. The van der Waals surface area contributed by atoms with E-state index in [0.717, 1.165) is 36.4 Å². The standard InChI is InChI=1S/C22H26N6O4S/c29-6-11-5-13(17(31)16(11)30)24-18-15(20-25-12-3-1-2-4-14(12)33-20)19(32)27-21(26-18)28-9-22(10-28)7-23-8-22/h1-4,11,13,16-17,23,29-31H,5-10H2,(H2,24,26,27,32)/t11-,13-,16-,17+/m1/s1. The van der Waals surface area contributed by atoms with Crippen LogP contribution in [0.3, 0.4) is 0 Å². The molecule has 2 aliphatic heterocycles. The molecule has 0 unspecified atom stereocenters. The minimum Gasteiger partial charge on any atom is -0.396 e. The summed E-state index contributed by atoms with van der Waals surface area (Å²) in [5.41, 5.74) is 1.07. The number of rotatable bonds is 5. The zero-order valence-electron chi connectivity index (χ0n) is 17.9. The van der Waals surface area contributed by atoms with Crippen LogP contribution in [0.1, 0.15) is 6.42 Å². The van der Waals surface area contributed by atoms with E-state index in [1.165, 1.54) is 11.3 Å². The van der Waals surface area contributed by atoms with Gasteiger partial charge in [0.05, 0.1) is 22.4 Å². The van der Waals surface area contributed by atoms with E-state index in [4.69, 9.17) is 4.98 Å². The van der Waals surface area contributed by atoms with Gasteiger partial charge in [0.25, 0.3) is 5.56 Å². The van der Waals surface area contributed by atoms with Crippen molar-refractivity contribution in [2.45, 2.75) is 24.7 Å². The van der Waals surface area contributed by atoms with Crippen molar-refractivity contribution in [1.82, 2.24) is 20.3 Å². The van der Waals surface area contributed by atoms with Gasteiger partial charge < -0.3 is 30.9 Å². The van der Waals surface area contributed by atoms with Crippen molar-refractivity contribution >= 4 is 33.3 Å². The molecule has 33 heavy (non-hydrogen) atoms. The number of aliphatic hydroxyl groups excluding tert-OH is 3. The molecule has 0 radical (unpaired) electrons. The van der Waals surface area contributed by atoms with Gasteiger partial charge in [-0.2, -0.15) is 4.98 Å². The Balaban J connectivity index is 1.39. The second-order valence-electron chi connectivity index (χ2n) is 9.47. The Kier molecular flexibility index (Phi) is 4.93. The van der Waals surface area contributed by atoms with E-state index < -0.39 is 24.2 Å². The Hall–Kier alpha value is -2.57. The number of anilines is 2. The molecule has 6 N–H and O–H groups in total. The number of aromatic nitrogens is 3. The lowest BCUT2D eigenvalue weighted by molar-refractivity contribution is 0.00446. The molecule has 3 fully saturated rings. The average Bonchev–Trinajstić information content (AvgIpc) is 3.27. The van der Waals surface area contributed by atoms with E-state index in [1.807, 2.05) is 29.2 Å². The first-order chi connectivity index (χ1) is 16.0. The van der Waals surface area contributed by atoms with E-state index in [9.17, 15) is 20.1 Å². The fourth-order valence-corrected chi connectivity index (χ4v) is 6.14. The maximum atomic E-state index is 13.3. The lowest BCUT2D eigenvalue weighted by Gasteiger charge is -2.56. The third-order valence-corrected chi connectivity index (χ3v) is 8.18. The van der Waals surface area contributed by atoms with Crippen molar-refractivity contribution in [1.29, 1.82) is 0 Å². The summed E-state index contributed by atoms with van der Waals surface area (Å²) in [7, 11) is 0. The average molecular weight is 471 g/mol. The molecule has 0 bridgehead atoms. The zero-order chi connectivity index (χ0) is 22.7. The summed E-state index contributed by atoms with van der Waals surface area (Å²) in [5.74, 6) is 0.373. The van der Waals surface area contributed by atoms with Crippen LogP contribution in [-0.2, 0) is 0 Å². The van der Waals surface area contributed by atoms with Gasteiger partial charge >= 0.3 is 0 Å². The number of thiazole rings is 1. The van der Waals surface area contributed by atoms with E-state index in [0.29, 0.717) is 28.8 Å². The van der Waals surface area contributed by atoms with Crippen LogP contribution in [0.5, 0.6) is 0 Å². The van der Waals surface area contributed by atoms with Gasteiger partial charge in [-0.1, -0.05) is 12.1 Å². The Morgan fingerprint density at radius 3 is 2.64 bits per heavy atom. The summed E-state index contributed by atoms with van der Waals surface area (Å²) in [6.45, 7) is 3.36. The molecule has 10 nitrogen and oxygen atoms in total. The molecule has 6 rings (SSSR count). The molecule has 4 atom stereocenters. The van der Waals surface area contributed by atoms with Gasteiger partial charge in [-0.05, 0) is 18.6 Å². The van der Waals surface area contributed by atoms with Crippen LogP contribution in [-0.4, -0.2) is 81.3 Å². The highest BCUT2D eigenvalue weighted by Crippen LogP contribution is 2.38. The Morgan fingerprint density at radius 1 is 1.18 bits per heavy atom. The Labute approximate surface area is 193 Å². The number of aliphatic hydroxyl groups is 3. The van der Waals surface area contributed by atoms with Crippen LogP contribution < -0.4 is 21.1 Å². The van der Waals surface area contributed by atoms with Gasteiger partial charge in [0.15, 0.2) is 0 Å². The highest BCUT2D eigenvalue weighted by Gasteiger charge is 2.48. The minimum absolute atomic E-state index is 0.223. The number of benzene rings is 1. The Morgan fingerprint density at radius 2 is 1.97 bits per heavy atom. The van der Waals surface area contributed by atoms with E-state index >= 15 is 0 Å². The van der Waals surface area contributed by atoms with Crippen molar-refractivity contribution in [2.24, 2.45) is 11.3 Å². The molecular formula is C22H26N6O4S. The highest BCUT2D eigenvalue weighted by molar-refractivity contribution is 7.21. The predicted molar refractivity (Wildman–Crippen MR) is 126 cm³/mol. The first-order valence-corrected chi connectivity index (χ1v) is 12.0. The maximum Gasteiger partial charge on any atom is 0.264 e. The largest absolute Gasteiger partial charge is 0.396 e. The summed E-state index contributed by atoms with van der Waals surface area (Å²) in [6.07, 6.45) is -1.76. The van der Waals surface area contributed by atoms with Crippen LogP contribution >= 0.6 is 11.3 Å². The van der Waals surface area contributed by atoms with E-state index in [-0.39, 0.29) is 17.6 Å². The van der Waals surface area contributed by atoms with E-state index in [1.54, 1.807) is 0 Å².